The van der Waals surface area contributed by atoms with Gasteiger partial charge in [-0.2, -0.15) is 4.31 Å². The molecule has 2 aromatic rings. The van der Waals surface area contributed by atoms with E-state index in [1.54, 1.807) is 22.5 Å². The third-order valence-electron chi connectivity index (χ3n) is 5.79. The number of ether oxygens (including phenoxy) is 2. The maximum absolute atomic E-state index is 13.7. The Labute approximate surface area is 173 Å². The lowest BCUT2D eigenvalue weighted by molar-refractivity contribution is 0.128. The van der Waals surface area contributed by atoms with Crippen LogP contribution in [0.15, 0.2) is 53.4 Å². The lowest BCUT2D eigenvalue weighted by atomic mass is 10.0. The second-order valence-corrected chi connectivity index (χ2v) is 9.56. The van der Waals surface area contributed by atoms with Gasteiger partial charge in [-0.25, -0.2) is 8.42 Å². The molecule has 156 valence electrons. The molecule has 1 atom stereocenters. The molecule has 1 saturated heterocycles. The number of piperazine rings is 1. The van der Waals surface area contributed by atoms with E-state index < -0.39 is 10.0 Å². The zero-order valence-electron chi connectivity index (χ0n) is 17.0. The average Bonchev–Trinajstić information content (AvgIpc) is 3.59. The van der Waals surface area contributed by atoms with E-state index in [1.807, 2.05) is 18.2 Å². The Morgan fingerprint density at radius 1 is 1.00 bits per heavy atom. The van der Waals surface area contributed by atoms with Gasteiger partial charge in [0.25, 0.3) is 0 Å². The van der Waals surface area contributed by atoms with Gasteiger partial charge in [0, 0.05) is 37.8 Å². The lowest BCUT2D eigenvalue weighted by Crippen LogP contribution is -2.56. The first-order chi connectivity index (χ1) is 14.0. The zero-order chi connectivity index (χ0) is 20.4. The Bertz CT molecular complexity index is 945. The van der Waals surface area contributed by atoms with Gasteiger partial charge in [0.05, 0.1) is 14.2 Å². The fraction of sp³-hybridized carbons (Fsp3) is 0.455. The first-order valence-electron chi connectivity index (χ1n) is 10.0. The molecule has 1 aliphatic carbocycles. The SMILES string of the molecule is COc1ccc(OC)c(S(=O)(=O)N2CCN(C3CC3)CC2Cc2ccccc2)c1. The summed E-state index contributed by atoms with van der Waals surface area (Å²) in [5.74, 6) is 0.842. The van der Waals surface area contributed by atoms with Gasteiger partial charge >= 0.3 is 0 Å². The maximum Gasteiger partial charge on any atom is 0.247 e. The van der Waals surface area contributed by atoms with Crippen molar-refractivity contribution in [3.05, 3.63) is 54.1 Å². The molecule has 4 rings (SSSR count). The number of benzene rings is 2. The van der Waals surface area contributed by atoms with Crippen LogP contribution in [0.2, 0.25) is 0 Å². The highest BCUT2D eigenvalue weighted by Gasteiger charge is 2.41. The molecular formula is C22H28N2O4S. The molecule has 0 aromatic heterocycles. The normalized spacial score (nSPS) is 21.1. The van der Waals surface area contributed by atoms with Crippen molar-refractivity contribution in [3.63, 3.8) is 0 Å². The molecule has 0 amide bonds. The molecule has 2 aromatic carbocycles. The third-order valence-corrected chi connectivity index (χ3v) is 7.77. The predicted molar refractivity (Wildman–Crippen MR) is 112 cm³/mol. The van der Waals surface area contributed by atoms with Gasteiger partial charge in [-0.05, 0) is 37.0 Å². The molecule has 1 aliphatic heterocycles. The van der Waals surface area contributed by atoms with Crippen LogP contribution in [0.4, 0.5) is 0 Å². The largest absolute Gasteiger partial charge is 0.497 e. The van der Waals surface area contributed by atoms with Crippen LogP contribution in [-0.2, 0) is 16.4 Å². The number of hydrogen-bond donors (Lipinski definition) is 0. The first kappa shape index (κ1) is 20.2. The third kappa shape index (κ3) is 4.27. The number of methoxy groups -OCH3 is 2. The van der Waals surface area contributed by atoms with Gasteiger partial charge < -0.3 is 9.47 Å². The second kappa shape index (κ2) is 8.34. The number of hydrogen-bond acceptors (Lipinski definition) is 5. The summed E-state index contributed by atoms with van der Waals surface area (Å²) in [4.78, 5) is 2.61. The van der Waals surface area contributed by atoms with E-state index in [0.29, 0.717) is 30.5 Å². The Hall–Kier alpha value is -2.09. The number of nitrogens with zero attached hydrogens (tertiary/aromatic N) is 2. The van der Waals surface area contributed by atoms with Crippen LogP contribution in [0.3, 0.4) is 0 Å². The minimum Gasteiger partial charge on any atom is -0.497 e. The fourth-order valence-corrected chi connectivity index (χ4v) is 5.89. The summed E-state index contributed by atoms with van der Waals surface area (Å²) >= 11 is 0. The van der Waals surface area contributed by atoms with E-state index in [9.17, 15) is 8.42 Å². The monoisotopic (exact) mass is 416 g/mol. The second-order valence-electron chi connectivity index (χ2n) is 7.70. The van der Waals surface area contributed by atoms with Gasteiger partial charge in [0.15, 0.2) is 0 Å². The Kier molecular flexibility index (Phi) is 5.81. The molecule has 2 fully saturated rings. The van der Waals surface area contributed by atoms with Crippen molar-refractivity contribution in [3.8, 4) is 11.5 Å². The summed E-state index contributed by atoms with van der Waals surface area (Å²) < 4.78 is 39.7. The minimum atomic E-state index is -3.73. The van der Waals surface area contributed by atoms with E-state index in [4.69, 9.17) is 9.47 Å². The zero-order valence-corrected chi connectivity index (χ0v) is 17.8. The summed E-state index contributed by atoms with van der Waals surface area (Å²) in [6.07, 6.45) is 3.12. The summed E-state index contributed by atoms with van der Waals surface area (Å²) in [5, 5.41) is 0. The van der Waals surface area contributed by atoms with Crippen molar-refractivity contribution < 1.29 is 17.9 Å². The average molecular weight is 417 g/mol. The van der Waals surface area contributed by atoms with E-state index >= 15 is 0 Å². The van der Waals surface area contributed by atoms with E-state index in [1.165, 1.54) is 27.1 Å². The first-order valence-corrected chi connectivity index (χ1v) is 11.5. The van der Waals surface area contributed by atoms with Gasteiger partial charge in [0.1, 0.15) is 16.4 Å². The fourth-order valence-electron chi connectivity index (χ4n) is 4.11. The molecule has 1 heterocycles. The molecule has 2 aliphatic rings. The molecule has 1 unspecified atom stereocenters. The lowest BCUT2D eigenvalue weighted by Gasteiger charge is -2.41. The summed E-state index contributed by atoms with van der Waals surface area (Å²) in [7, 11) is -0.708. The molecule has 29 heavy (non-hydrogen) atoms. The topological polar surface area (TPSA) is 59.1 Å². The summed E-state index contributed by atoms with van der Waals surface area (Å²) in [6.45, 7) is 2.00. The van der Waals surface area contributed by atoms with Gasteiger partial charge in [-0.1, -0.05) is 30.3 Å². The Morgan fingerprint density at radius 2 is 1.76 bits per heavy atom. The molecule has 6 nitrogen and oxygen atoms in total. The van der Waals surface area contributed by atoms with Crippen LogP contribution in [0.25, 0.3) is 0 Å². The molecule has 0 N–H and O–H groups in total. The van der Waals surface area contributed by atoms with Gasteiger partial charge in [-0.3, -0.25) is 4.90 Å². The van der Waals surface area contributed by atoms with Crippen LogP contribution >= 0.6 is 0 Å². The van der Waals surface area contributed by atoms with Crippen molar-refractivity contribution in [1.29, 1.82) is 0 Å². The van der Waals surface area contributed by atoms with Crippen molar-refractivity contribution in [2.45, 2.75) is 36.2 Å². The van der Waals surface area contributed by atoms with E-state index in [-0.39, 0.29) is 10.9 Å². The van der Waals surface area contributed by atoms with E-state index in [0.717, 1.165) is 18.7 Å². The Balaban J connectivity index is 1.68. The number of sulfonamides is 1. The van der Waals surface area contributed by atoms with Crippen molar-refractivity contribution in [1.82, 2.24) is 9.21 Å². The van der Waals surface area contributed by atoms with E-state index in [2.05, 4.69) is 17.0 Å². The van der Waals surface area contributed by atoms with Crippen LogP contribution in [-0.4, -0.2) is 63.6 Å². The smallest absolute Gasteiger partial charge is 0.247 e. The molecule has 0 radical (unpaired) electrons. The predicted octanol–water partition coefficient (Wildman–Crippen LogP) is 2.78. The van der Waals surface area contributed by atoms with Crippen LogP contribution in [0.5, 0.6) is 11.5 Å². The van der Waals surface area contributed by atoms with Crippen LogP contribution in [0, 0.1) is 0 Å². The quantitative estimate of drug-likeness (QED) is 0.695. The maximum atomic E-state index is 13.7. The van der Waals surface area contributed by atoms with Crippen molar-refractivity contribution >= 4 is 10.0 Å². The number of rotatable bonds is 7. The Morgan fingerprint density at radius 3 is 2.41 bits per heavy atom. The van der Waals surface area contributed by atoms with Crippen molar-refractivity contribution in [2.24, 2.45) is 0 Å². The summed E-state index contributed by atoms with van der Waals surface area (Å²) in [6, 6.07) is 15.5. The standard InChI is InChI=1S/C22H28N2O4S/c1-27-20-10-11-21(28-2)22(15-20)29(25,26)24-13-12-23(18-8-9-18)16-19(24)14-17-6-4-3-5-7-17/h3-7,10-11,15,18-19H,8-9,12-14,16H2,1-2H3. The van der Waals surface area contributed by atoms with Gasteiger partial charge in [-0.15, -0.1) is 0 Å². The summed E-state index contributed by atoms with van der Waals surface area (Å²) in [5.41, 5.74) is 1.15. The molecular weight excluding hydrogens is 388 g/mol. The van der Waals surface area contributed by atoms with Crippen molar-refractivity contribution in [2.75, 3.05) is 33.9 Å². The highest BCUT2D eigenvalue weighted by atomic mass is 32.2. The highest BCUT2D eigenvalue weighted by molar-refractivity contribution is 7.89. The van der Waals surface area contributed by atoms with Crippen LogP contribution < -0.4 is 9.47 Å². The highest BCUT2D eigenvalue weighted by Crippen LogP contribution is 2.35. The van der Waals surface area contributed by atoms with Gasteiger partial charge in [0.2, 0.25) is 10.0 Å². The minimum absolute atomic E-state index is 0.118. The molecule has 0 bridgehead atoms. The molecule has 0 spiro atoms. The molecule has 7 heteroatoms. The molecule has 1 saturated carbocycles. The van der Waals surface area contributed by atoms with Crippen LogP contribution in [0.1, 0.15) is 18.4 Å².